The molecule has 0 aliphatic carbocycles. The summed E-state index contributed by atoms with van der Waals surface area (Å²) in [6.07, 6.45) is 2.79. The first-order valence-electron chi connectivity index (χ1n) is 9.44. The van der Waals surface area contributed by atoms with Crippen molar-refractivity contribution in [2.45, 2.75) is 12.5 Å². The highest BCUT2D eigenvalue weighted by molar-refractivity contribution is 7.13. The van der Waals surface area contributed by atoms with Gasteiger partial charge in [-0.25, -0.2) is 9.97 Å². The van der Waals surface area contributed by atoms with E-state index in [2.05, 4.69) is 20.6 Å². The second-order valence-electron chi connectivity index (χ2n) is 6.81. The third kappa shape index (κ3) is 3.59. The first-order chi connectivity index (χ1) is 14.3. The van der Waals surface area contributed by atoms with E-state index in [1.54, 1.807) is 12.3 Å². The van der Waals surface area contributed by atoms with Crippen LogP contribution in [0.3, 0.4) is 0 Å². The molecule has 8 heteroatoms. The van der Waals surface area contributed by atoms with E-state index in [4.69, 9.17) is 9.72 Å². The number of ether oxygens (including phenoxy) is 1. The van der Waals surface area contributed by atoms with Gasteiger partial charge in [-0.3, -0.25) is 10.1 Å². The molecule has 1 fully saturated rings. The third-order valence-corrected chi connectivity index (χ3v) is 5.55. The van der Waals surface area contributed by atoms with Gasteiger partial charge in [0.1, 0.15) is 23.2 Å². The van der Waals surface area contributed by atoms with Gasteiger partial charge in [-0.2, -0.15) is 0 Å². The zero-order valence-corrected chi connectivity index (χ0v) is 16.3. The lowest BCUT2D eigenvalue weighted by Gasteiger charge is -2.15. The van der Waals surface area contributed by atoms with Crippen LogP contribution in [0.5, 0.6) is 5.75 Å². The summed E-state index contributed by atoms with van der Waals surface area (Å²) in [5, 5.41) is 8.52. The molecule has 2 aromatic carbocycles. The standard InChI is InChI=1S/C21H19N5O2S/c27-20(26-21-23-10-11-29-21)15-5-3-6-16-18(15)25-19(24-16)14-4-1-2-7-17(14)28-13-8-9-22-12-13/h1-7,10-11,13,22H,8-9,12H2,(H,24,25)(H,23,26,27). The topological polar surface area (TPSA) is 91.9 Å². The first kappa shape index (κ1) is 17.8. The zero-order chi connectivity index (χ0) is 19.6. The average Bonchev–Trinajstić information content (AvgIpc) is 3.49. The third-order valence-electron chi connectivity index (χ3n) is 4.86. The summed E-state index contributed by atoms with van der Waals surface area (Å²) >= 11 is 1.38. The number of nitrogens with one attached hydrogen (secondary N) is 3. The number of anilines is 1. The minimum atomic E-state index is -0.231. The lowest BCUT2D eigenvalue weighted by Crippen LogP contribution is -2.19. The highest BCUT2D eigenvalue weighted by atomic mass is 32.1. The number of para-hydroxylation sites is 2. The molecule has 5 rings (SSSR count). The van der Waals surface area contributed by atoms with E-state index in [9.17, 15) is 4.79 Å². The summed E-state index contributed by atoms with van der Waals surface area (Å²) in [4.78, 5) is 24.9. The van der Waals surface area contributed by atoms with Gasteiger partial charge in [0, 0.05) is 18.1 Å². The number of nitrogens with zero attached hydrogens (tertiary/aromatic N) is 2. The maximum absolute atomic E-state index is 12.7. The molecule has 146 valence electrons. The van der Waals surface area contributed by atoms with Crippen LogP contribution in [0, 0.1) is 0 Å². The van der Waals surface area contributed by atoms with Crippen molar-refractivity contribution in [3.8, 4) is 17.1 Å². The molecule has 0 bridgehead atoms. The van der Waals surface area contributed by atoms with Crippen LogP contribution in [0.2, 0.25) is 0 Å². The maximum Gasteiger partial charge on any atom is 0.259 e. The Morgan fingerprint density at radius 1 is 1.21 bits per heavy atom. The molecule has 4 aromatic rings. The Bertz CT molecular complexity index is 1150. The van der Waals surface area contributed by atoms with E-state index in [1.165, 1.54) is 11.3 Å². The fourth-order valence-electron chi connectivity index (χ4n) is 3.47. The molecule has 3 N–H and O–H groups in total. The molecule has 0 radical (unpaired) electrons. The van der Waals surface area contributed by atoms with Gasteiger partial charge in [0.05, 0.1) is 16.6 Å². The SMILES string of the molecule is O=C(Nc1nccs1)c1cccc2[nH]c(-c3ccccc3OC3CCNC3)nc12. The number of H-pyrrole nitrogens is 1. The lowest BCUT2D eigenvalue weighted by molar-refractivity contribution is 0.102. The van der Waals surface area contributed by atoms with E-state index in [0.29, 0.717) is 22.0 Å². The molecular weight excluding hydrogens is 386 g/mol. The smallest absolute Gasteiger partial charge is 0.259 e. The summed E-state index contributed by atoms with van der Waals surface area (Å²) in [6, 6.07) is 13.4. The number of hydrogen-bond donors (Lipinski definition) is 3. The van der Waals surface area contributed by atoms with Crippen molar-refractivity contribution in [2.24, 2.45) is 0 Å². The Morgan fingerprint density at radius 2 is 2.14 bits per heavy atom. The number of rotatable bonds is 5. The van der Waals surface area contributed by atoms with Crippen molar-refractivity contribution in [3.63, 3.8) is 0 Å². The normalized spacial score (nSPS) is 16.2. The van der Waals surface area contributed by atoms with Crippen molar-refractivity contribution < 1.29 is 9.53 Å². The molecule has 3 heterocycles. The molecule has 29 heavy (non-hydrogen) atoms. The van der Waals surface area contributed by atoms with Crippen LogP contribution < -0.4 is 15.4 Å². The van der Waals surface area contributed by atoms with Crippen molar-refractivity contribution in [1.29, 1.82) is 0 Å². The van der Waals surface area contributed by atoms with Crippen molar-refractivity contribution in [1.82, 2.24) is 20.3 Å². The number of imidazole rings is 1. The molecule has 1 unspecified atom stereocenters. The average molecular weight is 405 g/mol. The van der Waals surface area contributed by atoms with Crippen molar-refractivity contribution in [3.05, 3.63) is 59.6 Å². The van der Waals surface area contributed by atoms with Gasteiger partial charge in [0.15, 0.2) is 5.13 Å². The Labute approximate surface area is 171 Å². The number of fused-ring (bicyclic) bond motifs is 1. The maximum atomic E-state index is 12.7. The van der Waals surface area contributed by atoms with E-state index in [0.717, 1.165) is 36.3 Å². The Balaban J connectivity index is 1.50. The summed E-state index contributed by atoms with van der Waals surface area (Å²) in [5.74, 6) is 1.23. The number of benzene rings is 2. The predicted molar refractivity (Wildman–Crippen MR) is 113 cm³/mol. The largest absolute Gasteiger partial charge is 0.488 e. The number of thiazole rings is 1. The monoisotopic (exact) mass is 405 g/mol. The molecule has 1 aliphatic heterocycles. The van der Waals surface area contributed by atoms with Gasteiger partial charge in [-0.05, 0) is 37.2 Å². The summed E-state index contributed by atoms with van der Waals surface area (Å²) in [7, 11) is 0. The second-order valence-corrected chi connectivity index (χ2v) is 7.70. The first-order valence-corrected chi connectivity index (χ1v) is 10.3. The minimum Gasteiger partial charge on any atom is -0.488 e. The molecule has 1 amide bonds. The fourth-order valence-corrected chi connectivity index (χ4v) is 3.99. The summed E-state index contributed by atoms with van der Waals surface area (Å²) in [6.45, 7) is 1.81. The van der Waals surface area contributed by atoms with Crippen LogP contribution in [0.1, 0.15) is 16.8 Å². The molecule has 1 saturated heterocycles. The van der Waals surface area contributed by atoms with Gasteiger partial charge in [-0.15, -0.1) is 11.3 Å². The minimum absolute atomic E-state index is 0.153. The Hall–Kier alpha value is -3.23. The second kappa shape index (κ2) is 7.65. The van der Waals surface area contributed by atoms with Gasteiger partial charge in [0.2, 0.25) is 0 Å². The van der Waals surface area contributed by atoms with Crippen LogP contribution in [0.15, 0.2) is 54.0 Å². The van der Waals surface area contributed by atoms with Gasteiger partial charge < -0.3 is 15.0 Å². The molecular formula is C21H19N5O2S. The zero-order valence-electron chi connectivity index (χ0n) is 15.5. The van der Waals surface area contributed by atoms with E-state index >= 15 is 0 Å². The number of carbonyl (C=O) groups excluding carboxylic acids is 1. The van der Waals surface area contributed by atoms with Gasteiger partial charge >= 0.3 is 0 Å². The molecule has 7 nitrogen and oxygen atoms in total. The van der Waals surface area contributed by atoms with Crippen molar-refractivity contribution in [2.75, 3.05) is 18.4 Å². The summed E-state index contributed by atoms with van der Waals surface area (Å²) < 4.78 is 6.20. The van der Waals surface area contributed by atoms with Crippen LogP contribution in [0.4, 0.5) is 5.13 Å². The molecule has 0 saturated carbocycles. The Morgan fingerprint density at radius 3 is 2.97 bits per heavy atom. The van der Waals surface area contributed by atoms with Crippen molar-refractivity contribution >= 4 is 33.4 Å². The van der Waals surface area contributed by atoms with E-state index in [-0.39, 0.29) is 12.0 Å². The van der Waals surface area contributed by atoms with Crippen LogP contribution in [-0.2, 0) is 0 Å². The molecule has 2 aromatic heterocycles. The van der Waals surface area contributed by atoms with E-state index < -0.39 is 0 Å². The highest BCUT2D eigenvalue weighted by Crippen LogP contribution is 2.31. The highest BCUT2D eigenvalue weighted by Gasteiger charge is 2.20. The fraction of sp³-hybridized carbons (Fsp3) is 0.190. The Kier molecular flexibility index (Phi) is 4.71. The molecule has 1 atom stereocenters. The number of hydrogen-bond acceptors (Lipinski definition) is 6. The molecule has 0 spiro atoms. The quantitative estimate of drug-likeness (QED) is 0.471. The number of aromatic amines is 1. The number of carbonyl (C=O) groups is 1. The van der Waals surface area contributed by atoms with E-state index in [1.807, 2.05) is 41.8 Å². The number of amides is 1. The van der Waals surface area contributed by atoms with Gasteiger partial charge in [-0.1, -0.05) is 18.2 Å². The summed E-state index contributed by atoms with van der Waals surface area (Å²) in [5.41, 5.74) is 2.79. The van der Waals surface area contributed by atoms with Crippen LogP contribution >= 0.6 is 11.3 Å². The predicted octanol–water partition coefficient (Wildman–Crippen LogP) is 3.68. The lowest BCUT2D eigenvalue weighted by atomic mass is 10.1. The van der Waals surface area contributed by atoms with Gasteiger partial charge in [0.25, 0.3) is 5.91 Å². The number of aromatic nitrogens is 3. The van der Waals surface area contributed by atoms with Crippen LogP contribution in [0.25, 0.3) is 22.4 Å². The van der Waals surface area contributed by atoms with Crippen LogP contribution in [-0.4, -0.2) is 40.1 Å². The molecule has 1 aliphatic rings.